The fourth-order valence-corrected chi connectivity index (χ4v) is 2.26. The number of hydrogen-bond acceptors (Lipinski definition) is 2. The molecule has 0 aliphatic carbocycles. The topological polar surface area (TPSA) is 26.3 Å². The molecule has 0 radical (unpaired) electrons. The summed E-state index contributed by atoms with van der Waals surface area (Å²) in [5.74, 6) is 0.491. The van der Waals surface area contributed by atoms with E-state index in [1.165, 1.54) is 0 Å². The molecule has 1 heterocycles. The third-order valence-electron chi connectivity index (χ3n) is 2.64. The molecule has 0 spiro atoms. The summed E-state index contributed by atoms with van der Waals surface area (Å²) in [6.07, 6.45) is 2.96. The van der Waals surface area contributed by atoms with Crippen molar-refractivity contribution in [3.05, 3.63) is 28.3 Å². The van der Waals surface area contributed by atoms with Gasteiger partial charge in [0.2, 0.25) is 0 Å². The molecule has 4 heteroatoms. The molecule has 2 nitrogen and oxygen atoms in total. The van der Waals surface area contributed by atoms with Crippen LogP contribution >= 0.6 is 23.2 Å². The van der Waals surface area contributed by atoms with E-state index in [1.807, 2.05) is 6.07 Å². The molecule has 0 fully saturated rings. The molecule has 0 bridgehead atoms. The van der Waals surface area contributed by atoms with E-state index < -0.39 is 0 Å². The number of carbonyl (C=O) groups is 1. The molecule has 0 saturated carbocycles. The van der Waals surface area contributed by atoms with Crippen LogP contribution in [0.5, 0.6) is 5.75 Å². The Morgan fingerprint density at radius 2 is 2.19 bits per heavy atom. The van der Waals surface area contributed by atoms with Crippen LogP contribution in [0.15, 0.2) is 12.1 Å². The van der Waals surface area contributed by atoms with Gasteiger partial charge in [-0.2, -0.15) is 0 Å². The van der Waals surface area contributed by atoms with Crippen LogP contribution in [-0.4, -0.2) is 18.3 Å². The summed E-state index contributed by atoms with van der Waals surface area (Å²) >= 11 is 11.6. The van der Waals surface area contributed by atoms with E-state index in [9.17, 15) is 4.79 Å². The molecule has 2 rings (SSSR count). The zero-order valence-electron chi connectivity index (χ0n) is 8.76. The fraction of sp³-hybridized carbons (Fsp3) is 0.417. The van der Waals surface area contributed by atoms with Gasteiger partial charge in [-0.25, -0.2) is 0 Å². The average molecular weight is 259 g/mol. The van der Waals surface area contributed by atoms with Gasteiger partial charge in [0.05, 0.1) is 18.1 Å². The predicted molar refractivity (Wildman–Crippen MR) is 64.9 cm³/mol. The van der Waals surface area contributed by atoms with Gasteiger partial charge in [-0.3, -0.25) is 4.79 Å². The maximum atomic E-state index is 11.7. The Bertz CT molecular complexity index is 416. The first-order valence-corrected chi connectivity index (χ1v) is 6.18. The Morgan fingerprint density at radius 1 is 1.38 bits per heavy atom. The third-order valence-corrected chi connectivity index (χ3v) is 3.10. The number of alkyl halides is 1. The highest BCUT2D eigenvalue weighted by Gasteiger charge is 2.18. The minimum atomic E-state index is -0.137. The number of hydrogen-bond donors (Lipinski definition) is 0. The first-order valence-electron chi connectivity index (χ1n) is 5.26. The molecular formula is C12H12Cl2O2. The van der Waals surface area contributed by atoms with Crippen molar-refractivity contribution in [2.45, 2.75) is 19.3 Å². The lowest BCUT2D eigenvalue weighted by Crippen LogP contribution is -2.06. The van der Waals surface area contributed by atoms with E-state index in [-0.39, 0.29) is 11.7 Å². The predicted octanol–water partition coefficient (Wildman–Crippen LogP) is 3.48. The number of carbonyl (C=O) groups excluding carboxylic acids is 1. The molecule has 0 saturated heterocycles. The quantitative estimate of drug-likeness (QED) is 0.600. The standard InChI is InChI=1S/C12H12Cl2O2/c13-7-11(15)10-6-9(14)5-8-3-1-2-4-16-12(8)10/h5-6H,1-4,7H2. The molecule has 1 aliphatic heterocycles. The van der Waals surface area contributed by atoms with Crippen LogP contribution in [0.25, 0.3) is 0 Å². The Morgan fingerprint density at radius 3 is 2.94 bits per heavy atom. The maximum Gasteiger partial charge on any atom is 0.181 e. The van der Waals surface area contributed by atoms with Crippen LogP contribution in [-0.2, 0) is 6.42 Å². The maximum absolute atomic E-state index is 11.7. The van der Waals surface area contributed by atoms with Crippen molar-refractivity contribution in [1.29, 1.82) is 0 Å². The first-order chi connectivity index (χ1) is 7.72. The van der Waals surface area contributed by atoms with E-state index >= 15 is 0 Å². The number of halogens is 2. The molecule has 1 aromatic carbocycles. The van der Waals surface area contributed by atoms with Gasteiger partial charge in [0.15, 0.2) is 5.78 Å². The van der Waals surface area contributed by atoms with Crippen LogP contribution in [0, 0.1) is 0 Å². The fourth-order valence-electron chi connectivity index (χ4n) is 1.88. The Labute approximate surface area is 104 Å². The van der Waals surface area contributed by atoms with Gasteiger partial charge in [0.1, 0.15) is 5.75 Å². The van der Waals surface area contributed by atoms with Gasteiger partial charge in [-0.05, 0) is 37.0 Å². The molecule has 0 atom stereocenters. The van der Waals surface area contributed by atoms with E-state index in [0.717, 1.165) is 24.8 Å². The summed E-state index contributed by atoms with van der Waals surface area (Å²) in [6.45, 7) is 0.650. The van der Waals surface area contributed by atoms with Gasteiger partial charge >= 0.3 is 0 Å². The minimum Gasteiger partial charge on any atom is -0.493 e. The highest BCUT2D eigenvalue weighted by Crippen LogP contribution is 2.32. The lowest BCUT2D eigenvalue weighted by Gasteiger charge is -2.12. The van der Waals surface area contributed by atoms with Crippen molar-refractivity contribution >= 4 is 29.0 Å². The van der Waals surface area contributed by atoms with Crippen LogP contribution in [0.1, 0.15) is 28.8 Å². The Kier molecular flexibility index (Phi) is 3.72. The minimum absolute atomic E-state index is 0.0455. The van der Waals surface area contributed by atoms with Gasteiger partial charge in [0, 0.05) is 5.02 Å². The lowest BCUT2D eigenvalue weighted by atomic mass is 10.0. The highest BCUT2D eigenvalue weighted by molar-refractivity contribution is 6.33. The lowest BCUT2D eigenvalue weighted by molar-refractivity contribution is 0.101. The molecule has 1 aromatic rings. The van der Waals surface area contributed by atoms with Crippen LogP contribution < -0.4 is 4.74 Å². The molecule has 0 unspecified atom stereocenters. The summed E-state index contributed by atoms with van der Waals surface area (Å²) in [4.78, 5) is 11.7. The highest BCUT2D eigenvalue weighted by atomic mass is 35.5. The first kappa shape index (κ1) is 11.7. The van der Waals surface area contributed by atoms with E-state index in [2.05, 4.69) is 0 Å². The molecule has 0 N–H and O–H groups in total. The second-order valence-electron chi connectivity index (χ2n) is 3.80. The molecule has 86 valence electrons. The van der Waals surface area contributed by atoms with Crippen LogP contribution in [0.2, 0.25) is 5.02 Å². The summed E-state index contributed by atoms with van der Waals surface area (Å²) in [5, 5.41) is 0.567. The number of benzene rings is 1. The molecular weight excluding hydrogens is 247 g/mol. The number of aryl methyl sites for hydroxylation is 1. The summed E-state index contributed by atoms with van der Waals surface area (Å²) in [5.41, 5.74) is 1.53. The normalized spacial score (nSPS) is 14.9. The third kappa shape index (κ3) is 2.33. The second-order valence-corrected chi connectivity index (χ2v) is 4.51. The number of Topliss-reactive ketones (excluding diaryl/α,β-unsaturated/α-hetero) is 1. The largest absolute Gasteiger partial charge is 0.493 e. The van der Waals surface area contributed by atoms with Crippen molar-refractivity contribution in [2.75, 3.05) is 12.5 Å². The van der Waals surface area contributed by atoms with E-state index in [0.29, 0.717) is 22.9 Å². The number of ketones is 1. The number of ether oxygens (including phenoxy) is 1. The van der Waals surface area contributed by atoms with Crippen LogP contribution in [0.4, 0.5) is 0 Å². The summed E-state index contributed by atoms with van der Waals surface area (Å²) in [6, 6.07) is 3.50. The van der Waals surface area contributed by atoms with Crippen molar-refractivity contribution in [3.63, 3.8) is 0 Å². The average Bonchev–Trinajstić information content (AvgIpc) is 2.51. The molecule has 16 heavy (non-hydrogen) atoms. The van der Waals surface area contributed by atoms with Gasteiger partial charge in [0.25, 0.3) is 0 Å². The van der Waals surface area contributed by atoms with Crippen molar-refractivity contribution in [2.24, 2.45) is 0 Å². The molecule has 0 aromatic heterocycles. The monoisotopic (exact) mass is 258 g/mol. The van der Waals surface area contributed by atoms with E-state index in [4.69, 9.17) is 27.9 Å². The smallest absolute Gasteiger partial charge is 0.181 e. The van der Waals surface area contributed by atoms with Gasteiger partial charge in [-0.15, -0.1) is 11.6 Å². The molecule has 0 amide bonds. The van der Waals surface area contributed by atoms with Crippen molar-refractivity contribution in [1.82, 2.24) is 0 Å². The van der Waals surface area contributed by atoms with Gasteiger partial charge < -0.3 is 4.74 Å². The number of fused-ring (bicyclic) bond motifs is 1. The van der Waals surface area contributed by atoms with Crippen molar-refractivity contribution < 1.29 is 9.53 Å². The summed E-state index contributed by atoms with van der Waals surface area (Å²) in [7, 11) is 0. The number of rotatable bonds is 2. The Balaban J connectivity index is 2.50. The Hall–Kier alpha value is -0.730. The van der Waals surface area contributed by atoms with Gasteiger partial charge in [-0.1, -0.05) is 11.6 Å². The SMILES string of the molecule is O=C(CCl)c1cc(Cl)cc2c1OCCCC2. The zero-order valence-corrected chi connectivity index (χ0v) is 10.3. The van der Waals surface area contributed by atoms with Crippen molar-refractivity contribution in [3.8, 4) is 5.75 Å². The zero-order chi connectivity index (χ0) is 11.5. The summed E-state index contributed by atoms with van der Waals surface area (Å²) < 4.78 is 5.62. The van der Waals surface area contributed by atoms with Crippen LogP contribution in [0.3, 0.4) is 0 Å². The molecule has 1 aliphatic rings. The second kappa shape index (κ2) is 5.07. The van der Waals surface area contributed by atoms with E-state index in [1.54, 1.807) is 6.07 Å².